The Hall–Kier alpha value is -1.67. The Labute approximate surface area is 162 Å². The van der Waals surface area contributed by atoms with Crippen LogP contribution in [0.5, 0.6) is 11.5 Å². The van der Waals surface area contributed by atoms with Crippen LogP contribution >= 0.6 is 0 Å². The molecule has 158 valence electrons. The van der Waals surface area contributed by atoms with Gasteiger partial charge in [0, 0.05) is 24.2 Å². The Bertz CT molecular complexity index is 490. The van der Waals surface area contributed by atoms with Crippen LogP contribution in [0.15, 0.2) is 18.2 Å². The molecule has 7 heteroatoms. The van der Waals surface area contributed by atoms with Crippen LogP contribution in [-0.4, -0.2) is 54.0 Å². The van der Waals surface area contributed by atoms with Crippen molar-refractivity contribution >= 4 is 6.29 Å². The van der Waals surface area contributed by atoms with Gasteiger partial charge in [0.05, 0.1) is 6.61 Å². The number of benzene rings is 1. The van der Waals surface area contributed by atoms with E-state index in [0.29, 0.717) is 24.2 Å². The van der Waals surface area contributed by atoms with Gasteiger partial charge in [0.25, 0.3) is 0 Å². The van der Waals surface area contributed by atoms with Gasteiger partial charge in [-0.05, 0) is 45.9 Å². The third-order valence-corrected chi connectivity index (χ3v) is 3.00. The summed E-state index contributed by atoms with van der Waals surface area (Å²) in [6, 6.07) is 4.48. The largest absolute Gasteiger partial charge is 0.504 e. The fourth-order valence-electron chi connectivity index (χ4n) is 1.39. The zero-order valence-electron chi connectivity index (χ0n) is 17.6. The highest BCUT2D eigenvalue weighted by Gasteiger charge is 2.18. The second kappa shape index (κ2) is 15.4. The Kier molecular flexibility index (Phi) is 15.7. The zero-order chi connectivity index (χ0) is 21.5. The normalized spacial score (nSPS) is 10.6. The van der Waals surface area contributed by atoms with E-state index in [1.807, 2.05) is 27.7 Å². The minimum atomic E-state index is -1.20. The van der Waals surface area contributed by atoms with Crippen molar-refractivity contribution in [1.82, 2.24) is 0 Å². The number of ether oxygens (including phenoxy) is 3. The molecule has 0 aliphatic rings. The van der Waals surface area contributed by atoms with Crippen LogP contribution in [0.1, 0.15) is 58.8 Å². The molecule has 0 amide bonds. The van der Waals surface area contributed by atoms with Gasteiger partial charge in [-0.1, -0.05) is 20.8 Å². The lowest BCUT2D eigenvalue weighted by Gasteiger charge is -2.19. The monoisotopic (exact) mass is 388 g/mol. The summed E-state index contributed by atoms with van der Waals surface area (Å²) in [4.78, 5) is 10.3. The summed E-state index contributed by atoms with van der Waals surface area (Å²) in [6.07, 6.45) is -0.528. The quantitative estimate of drug-likeness (QED) is 0.486. The Morgan fingerprint density at radius 3 is 1.85 bits per heavy atom. The van der Waals surface area contributed by atoms with Crippen molar-refractivity contribution in [2.24, 2.45) is 5.41 Å². The molecule has 0 unspecified atom stereocenters. The minimum absolute atomic E-state index is 0.0370. The van der Waals surface area contributed by atoms with Gasteiger partial charge in [-0.15, -0.1) is 0 Å². The summed E-state index contributed by atoms with van der Waals surface area (Å²) in [5.74, 6) is 0.407. The molecule has 27 heavy (non-hydrogen) atoms. The lowest BCUT2D eigenvalue weighted by Crippen LogP contribution is -2.24. The lowest BCUT2D eigenvalue weighted by molar-refractivity contribution is -0.123. The van der Waals surface area contributed by atoms with E-state index in [2.05, 4.69) is 0 Å². The smallest absolute Gasteiger partial charge is 0.161 e. The van der Waals surface area contributed by atoms with Crippen molar-refractivity contribution in [2.75, 3.05) is 19.8 Å². The molecule has 1 rings (SSSR count). The maximum absolute atomic E-state index is 10.3. The van der Waals surface area contributed by atoms with Crippen molar-refractivity contribution < 1.29 is 34.3 Å². The summed E-state index contributed by atoms with van der Waals surface area (Å²) in [5, 5.41) is 26.1. The van der Waals surface area contributed by atoms with Crippen LogP contribution in [0.4, 0.5) is 0 Å². The van der Waals surface area contributed by atoms with E-state index in [0.717, 1.165) is 13.2 Å². The number of aliphatic hydroxyl groups excluding tert-OH is 1. The van der Waals surface area contributed by atoms with Crippen LogP contribution in [-0.2, 0) is 9.47 Å². The molecule has 1 aromatic rings. The maximum atomic E-state index is 10.3. The van der Waals surface area contributed by atoms with E-state index in [1.165, 1.54) is 18.2 Å². The molecule has 0 saturated carbocycles. The number of carbonyl (C=O) groups is 1. The SMILES string of the molecule is CC(C)(C)C(O)O.CCOC(C)OCC.CCOc1cc(C=O)ccc1O. The molecule has 3 N–H and O–H groups in total. The number of rotatable bonds is 7. The number of phenols is 1. The third kappa shape index (κ3) is 15.1. The molecule has 0 saturated heterocycles. The lowest BCUT2D eigenvalue weighted by atomic mass is 9.96. The Morgan fingerprint density at radius 1 is 1.04 bits per heavy atom. The van der Waals surface area contributed by atoms with Gasteiger partial charge >= 0.3 is 0 Å². The molecule has 0 aliphatic carbocycles. The second-order valence-corrected chi connectivity index (χ2v) is 6.50. The molecule has 0 heterocycles. The van der Waals surface area contributed by atoms with E-state index < -0.39 is 6.29 Å². The molecule has 0 atom stereocenters. The average molecular weight is 389 g/mol. The number of aliphatic hydroxyl groups is 2. The molecule has 0 aliphatic heterocycles. The van der Waals surface area contributed by atoms with Crippen LogP contribution < -0.4 is 4.74 Å². The molecule has 0 radical (unpaired) electrons. The fourth-order valence-corrected chi connectivity index (χ4v) is 1.39. The average Bonchev–Trinajstić information content (AvgIpc) is 2.58. The third-order valence-electron chi connectivity index (χ3n) is 3.00. The van der Waals surface area contributed by atoms with Gasteiger partial charge in [0.1, 0.15) is 6.29 Å². The summed E-state index contributed by atoms with van der Waals surface area (Å²) < 4.78 is 15.2. The highest BCUT2D eigenvalue weighted by molar-refractivity contribution is 5.76. The molecular weight excluding hydrogens is 352 g/mol. The standard InChI is InChI=1S/C9H10O3.C6H14O2.C5H12O2/c1-2-12-9-5-7(6-10)3-4-8(9)11;1-4-7-6(3)8-5-2;1-5(2,3)4(6)7/h3-6,11H,2H2,1H3;6H,4-5H2,1-3H3;4,6-7H,1-3H3. The van der Waals surface area contributed by atoms with Gasteiger partial charge in [0.2, 0.25) is 0 Å². The number of hydrogen-bond acceptors (Lipinski definition) is 7. The zero-order valence-corrected chi connectivity index (χ0v) is 17.6. The Morgan fingerprint density at radius 2 is 1.52 bits per heavy atom. The Balaban J connectivity index is 0. The number of hydrogen-bond donors (Lipinski definition) is 3. The van der Waals surface area contributed by atoms with Gasteiger partial charge in [-0.25, -0.2) is 0 Å². The van der Waals surface area contributed by atoms with E-state index >= 15 is 0 Å². The second-order valence-electron chi connectivity index (χ2n) is 6.50. The molecular formula is C20H36O7. The van der Waals surface area contributed by atoms with E-state index in [4.69, 9.17) is 24.4 Å². The van der Waals surface area contributed by atoms with E-state index in [1.54, 1.807) is 20.8 Å². The fraction of sp³-hybridized carbons (Fsp3) is 0.650. The first-order valence-corrected chi connectivity index (χ1v) is 9.03. The van der Waals surface area contributed by atoms with Gasteiger partial charge in [-0.2, -0.15) is 0 Å². The van der Waals surface area contributed by atoms with Crippen LogP contribution in [0.2, 0.25) is 0 Å². The van der Waals surface area contributed by atoms with Crippen molar-refractivity contribution in [3.8, 4) is 11.5 Å². The first-order chi connectivity index (χ1) is 12.5. The minimum Gasteiger partial charge on any atom is -0.504 e. The predicted molar refractivity (Wildman–Crippen MR) is 105 cm³/mol. The van der Waals surface area contributed by atoms with Crippen LogP contribution in [0.3, 0.4) is 0 Å². The van der Waals surface area contributed by atoms with Crippen molar-refractivity contribution in [1.29, 1.82) is 0 Å². The highest BCUT2D eigenvalue weighted by Crippen LogP contribution is 2.25. The topological polar surface area (TPSA) is 105 Å². The highest BCUT2D eigenvalue weighted by atomic mass is 16.7. The number of carbonyl (C=O) groups excluding carboxylic acids is 1. The van der Waals surface area contributed by atoms with Crippen molar-refractivity contribution in [2.45, 2.75) is 61.0 Å². The van der Waals surface area contributed by atoms with Crippen LogP contribution in [0.25, 0.3) is 0 Å². The molecule has 1 aromatic carbocycles. The molecule has 0 fully saturated rings. The van der Waals surface area contributed by atoms with E-state index in [-0.39, 0.29) is 17.5 Å². The molecule has 0 aromatic heterocycles. The van der Waals surface area contributed by atoms with Crippen molar-refractivity contribution in [3.05, 3.63) is 23.8 Å². The molecule has 0 spiro atoms. The van der Waals surface area contributed by atoms with Gasteiger partial charge in [0.15, 0.2) is 24.1 Å². The van der Waals surface area contributed by atoms with Crippen LogP contribution in [0, 0.1) is 5.41 Å². The summed E-state index contributed by atoms with van der Waals surface area (Å²) in [5.41, 5.74) is 0.108. The molecule has 0 bridgehead atoms. The number of aldehydes is 1. The summed E-state index contributed by atoms with van der Waals surface area (Å²) in [7, 11) is 0. The molecule has 7 nitrogen and oxygen atoms in total. The maximum Gasteiger partial charge on any atom is 0.161 e. The first kappa shape index (κ1) is 27.5. The first-order valence-electron chi connectivity index (χ1n) is 9.03. The van der Waals surface area contributed by atoms with E-state index in [9.17, 15) is 9.90 Å². The predicted octanol–water partition coefficient (Wildman–Crippen LogP) is 3.35. The number of aromatic hydroxyl groups is 1. The number of phenolic OH excluding ortho intramolecular Hbond substituents is 1. The summed E-state index contributed by atoms with van der Waals surface area (Å²) in [6.45, 7) is 14.8. The van der Waals surface area contributed by atoms with Crippen molar-refractivity contribution in [3.63, 3.8) is 0 Å². The summed E-state index contributed by atoms with van der Waals surface area (Å²) >= 11 is 0. The van der Waals surface area contributed by atoms with Gasteiger partial charge < -0.3 is 29.5 Å². The van der Waals surface area contributed by atoms with Gasteiger partial charge in [-0.3, -0.25) is 4.79 Å².